The summed E-state index contributed by atoms with van der Waals surface area (Å²) in [6.07, 6.45) is 5.99. The molecule has 0 amide bonds. The number of rotatable bonds is 4. The molecule has 0 atom stereocenters. The van der Waals surface area contributed by atoms with Crippen molar-refractivity contribution >= 4 is 11.4 Å². The minimum Gasteiger partial charge on any atom is -0.399 e. The van der Waals surface area contributed by atoms with Crippen LogP contribution < -0.4 is 11.1 Å². The maximum Gasteiger partial charge on any atom is 0.151 e. The van der Waals surface area contributed by atoms with Crippen molar-refractivity contribution in [2.24, 2.45) is 11.8 Å². The summed E-state index contributed by atoms with van der Waals surface area (Å²) in [4.78, 5) is 0. The molecule has 0 bridgehead atoms. The van der Waals surface area contributed by atoms with Gasteiger partial charge >= 0.3 is 0 Å². The molecule has 0 spiro atoms. The summed E-state index contributed by atoms with van der Waals surface area (Å²) in [6.45, 7) is 2.86. The van der Waals surface area contributed by atoms with Gasteiger partial charge in [0.1, 0.15) is 5.69 Å². The van der Waals surface area contributed by atoms with Gasteiger partial charge in [-0.25, -0.2) is 8.78 Å². The minimum absolute atomic E-state index is 0.0492. The van der Waals surface area contributed by atoms with Crippen molar-refractivity contribution in [3.63, 3.8) is 0 Å². The van der Waals surface area contributed by atoms with E-state index < -0.39 is 11.6 Å². The summed E-state index contributed by atoms with van der Waals surface area (Å²) in [5.41, 5.74) is 5.46. The first-order valence-electron chi connectivity index (χ1n) is 7.08. The molecule has 1 fully saturated rings. The predicted molar refractivity (Wildman–Crippen MR) is 75.0 cm³/mol. The zero-order chi connectivity index (χ0) is 13.8. The summed E-state index contributed by atoms with van der Waals surface area (Å²) in [5.74, 6) is 0.125. The third-order valence-corrected chi connectivity index (χ3v) is 4.18. The van der Waals surface area contributed by atoms with Gasteiger partial charge in [0.2, 0.25) is 0 Å². The Morgan fingerprint density at radius 1 is 1.11 bits per heavy atom. The number of nitrogen functional groups attached to an aromatic ring is 1. The molecule has 3 N–H and O–H groups in total. The van der Waals surface area contributed by atoms with Gasteiger partial charge in [0.15, 0.2) is 11.6 Å². The molecular weight excluding hydrogens is 246 g/mol. The topological polar surface area (TPSA) is 38.0 Å². The fourth-order valence-electron chi connectivity index (χ4n) is 2.85. The lowest BCUT2D eigenvalue weighted by Gasteiger charge is -2.28. The first-order valence-corrected chi connectivity index (χ1v) is 7.08. The maximum atomic E-state index is 13.6. The van der Waals surface area contributed by atoms with Gasteiger partial charge in [-0.1, -0.05) is 26.2 Å². The molecule has 2 nitrogen and oxygen atoms in total. The van der Waals surface area contributed by atoms with E-state index in [2.05, 4.69) is 12.2 Å². The van der Waals surface area contributed by atoms with Crippen molar-refractivity contribution in [1.29, 1.82) is 0 Å². The van der Waals surface area contributed by atoms with E-state index in [4.69, 9.17) is 5.73 Å². The Bertz CT molecular complexity index is 403. The Kier molecular flexibility index (Phi) is 4.61. The molecule has 0 heterocycles. The predicted octanol–water partition coefficient (Wildman–Crippen LogP) is 4.18. The standard InChI is InChI=1S/C15H22F2N2/c1-2-10-3-5-11(6-4-10)9-19-15-13(16)7-12(18)8-14(15)17/h7-8,10-11,19H,2-6,9,18H2,1H3. The van der Waals surface area contributed by atoms with Gasteiger partial charge in [0, 0.05) is 12.2 Å². The van der Waals surface area contributed by atoms with Crippen LogP contribution in [0.2, 0.25) is 0 Å². The third-order valence-electron chi connectivity index (χ3n) is 4.18. The zero-order valence-corrected chi connectivity index (χ0v) is 11.4. The number of nitrogens with two attached hydrogens (primary N) is 1. The van der Waals surface area contributed by atoms with Crippen molar-refractivity contribution in [3.05, 3.63) is 23.8 Å². The van der Waals surface area contributed by atoms with Gasteiger partial charge in [-0.3, -0.25) is 0 Å². The van der Waals surface area contributed by atoms with Gasteiger partial charge < -0.3 is 11.1 Å². The van der Waals surface area contributed by atoms with Crippen LogP contribution in [0, 0.1) is 23.5 Å². The van der Waals surface area contributed by atoms with Gasteiger partial charge in [0.25, 0.3) is 0 Å². The van der Waals surface area contributed by atoms with Gasteiger partial charge in [0.05, 0.1) is 0 Å². The largest absolute Gasteiger partial charge is 0.399 e. The summed E-state index contributed by atoms with van der Waals surface area (Å²) in [7, 11) is 0. The summed E-state index contributed by atoms with van der Waals surface area (Å²) in [6, 6.07) is 2.30. The second-order valence-electron chi connectivity index (χ2n) is 5.54. The van der Waals surface area contributed by atoms with E-state index in [9.17, 15) is 8.78 Å². The molecule has 1 aliphatic carbocycles. The molecule has 1 aliphatic rings. The van der Waals surface area contributed by atoms with Crippen LogP contribution >= 0.6 is 0 Å². The van der Waals surface area contributed by atoms with E-state index in [1.165, 1.54) is 19.3 Å². The van der Waals surface area contributed by atoms with Crippen LogP contribution in [0.15, 0.2) is 12.1 Å². The average Bonchev–Trinajstić information content (AvgIpc) is 2.38. The van der Waals surface area contributed by atoms with Crippen molar-refractivity contribution in [2.45, 2.75) is 39.0 Å². The molecule has 0 unspecified atom stereocenters. The van der Waals surface area contributed by atoms with Crippen LogP contribution in [0.4, 0.5) is 20.2 Å². The summed E-state index contributed by atoms with van der Waals surface area (Å²) in [5, 5.41) is 2.91. The quantitative estimate of drug-likeness (QED) is 0.804. The average molecular weight is 268 g/mol. The molecule has 0 aliphatic heterocycles. The molecule has 106 valence electrons. The molecule has 1 aromatic rings. The first-order chi connectivity index (χ1) is 9.10. The van der Waals surface area contributed by atoms with E-state index in [0.29, 0.717) is 12.5 Å². The Morgan fingerprint density at radius 2 is 1.63 bits per heavy atom. The Morgan fingerprint density at radius 3 is 2.16 bits per heavy atom. The third kappa shape index (κ3) is 3.58. The highest BCUT2D eigenvalue weighted by Gasteiger charge is 2.20. The van der Waals surface area contributed by atoms with Crippen LogP contribution in [0.25, 0.3) is 0 Å². The summed E-state index contributed by atoms with van der Waals surface area (Å²) >= 11 is 0. The zero-order valence-electron chi connectivity index (χ0n) is 11.4. The molecule has 4 heteroatoms. The van der Waals surface area contributed by atoms with Gasteiger partial charge in [-0.2, -0.15) is 0 Å². The lowest BCUT2D eigenvalue weighted by atomic mass is 9.81. The lowest BCUT2D eigenvalue weighted by molar-refractivity contribution is 0.278. The molecule has 1 aromatic carbocycles. The molecule has 0 radical (unpaired) electrons. The number of benzene rings is 1. The number of halogens is 2. The molecule has 19 heavy (non-hydrogen) atoms. The Balaban J connectivity index is 1.89. The second-order valence-corrected chi connectivity index (χ2v) is 5.54. The van der Waals surface area contributed by atoms with Crippen LogP contribution in [0.5, 0.6) is 0 Å². The highest BCUT2D eigenvalue weighted by atomic mass is 19.1. The lowest BCUT2D eigenvalue weighted by Crippen LogP contribution is -2.21. The number of nitrogens with one attached hydrogen (secondary N) is 1. The molecular formula is C15H22F2N2. The minimum atomic E-state index is -0.611. The van der Waals surface area contributed by atoms with E-state index in [1.807, 2.05) is 0 Å². The highest BCUT2D eigenvalue weighted by molar-refractivity contribution is 5.54. The number of hydrogen-bond acceptors (Lipinski definition) is 2. The fraction of sp³-hybridized carbons (Fsp3) is 0.600. The van der Waals surface area contributed by atoms with Crippen LogP contribution in [0.1, 0.15) is 39.0 Å². The maximum absolute atomic E-state index is 13.6. The smallest absolute Gasteiger partial charge is 0.151 e. The second kappa shape index (κ2) is 6.22. The molecule has 0 aromatic heterocycles. The Hall–Kier alpha value is -1.32. The van der Waals surface area contributed by atoms with Crippen LogP contribution in [-0.4, -0.2) is 6.54 Å². The van der Waals surface area contributed by atoms with Crippen LogP contribution in [0.3, 0.4) is 0 Å². The van der Waals surface area contributed by atoms with Gasteiger partial charge in [-0.15, -0.1) is 0 Å². The van der Waals surface area contributed by atoms with Gasteiger partial charge in [-0.05, 0) is 36.8 Å². The van der Waals surface area contributed by atoms with Crippen molar-refractivity contribution < 1.29 is 8.78 Å². The van der Waals surface area contributed by atoms with Crippen molar-refractivity contribution in [1.82, 2.24) is 0 Å². The number of hydrogen-bond donors (Lipinski definition) is 2. The first kappa shape index (κ1) is 14.1. The van der Waals surface area contributed by atoms with Crippen LogP contribution in [-0.2, 0) is 0 Å². The van der Waals surface area contributed by atoms with E-state index >= 15 is 0 Å². The van der Waals surface area contributed by atoms with Crippen molar-refractivity contribution in [2.75, 3.05) is 17.6 Å². The Labute approximate surface area is 113 Å². The van der Waals surface area contributed by atoms with E-state index in [1.54, 1.807) is 0 Å². The fourth-order valence-corrected chi connectivity index (χ4v) is 2.85. The highest BCUT2D eigenvalue weighted by Crippen LogP contribution is 2.31. The summed E-state index contributed by atoms with van der Waals surface area (Å²) < 4.78 is 27.2. The number of anilines is 2. The van der Waals surface area contributed by atoms with E-state index in [-0.39, 0.29) is 11.4 Å². The normalized spacial score (nSPS) is 23.3. The molecule has 1 saturated carbocycles. The van der Waals surface area contributed by atoms with E-state index in [0.717, 1.165) is 30.9 Å². The van der Waals surface area contributed by atoms with Crippen molar-refractivity contribution in [3.8, 4) is 0 Å². The molecule has 0 saturated heterocycles. The monoisotopic (exact) mass is 268 g/mol. The SMILES string of the molecule is CCC1CCC(CNc2c(F)cc(N)cc2F)CC1. The molecule has 2 rings (SSSR count).